The summed E-state index contributed by atoms with van der Waals surface area (Å²) in [5.74, 6) is 0.0715. The van der Waals surface area contributed by atoms with Crippen molar-refractivity contribution in [2.24, 2.45) is 0 Å². The van der Waals surface area contributed by atoms with Gasteiger partial charge in [0, 0.05) is 32.0 Å². The Labute approximate surface area is 170 Å². The van der Waals surface area contributed by atoms with Crippen LogP contribution in [0.5, 0.6) is 5.88 Å². The van der Waals surface area contributed by atoms with Crippen molar-refractivity contribution in [1.29, 1.82) is 0 Å². The van der Waals surface area contributed by atoms with Gasteiger partial charge in [0.1, 0.15) is 11.4 Å². The van der Waals surface area contributed by atoms with Gasteiger partial charge in [0.25, 0.3) is 5.91 Å². The number of likely N-dealkylation sites (N-methyl/N-ethyl adjacent to an activating group) is 1. The SMILES string of the molecule is COc1ncccc1C(=O)N1CCC2(CC1)C[C@@H](N(C)c1ccc(F)cc1)CO2. The molecular formula is C22H26FN3O3. The van der Waals surface area contributed by atoms with Crippen LogP contribution < -0.4 is 9.64 Å². The third-order valence-electron chi connectivity index (χ3n) is 6.13. The van der Waals surface area contributed by atoms with Gasteiger partial charge in [0.2, 0.25) is 5.88 Å². The van der Waals surface area contributed by atoms with E-state index in [1.165, 1.54) is 19.2 Å². The van der Waals surface area contributed by atoms with Crippen LogP contribution in [0.25, 0.3) is 0 Å². The van der Waals surface area contributed by atoms with Crippen molar-refractivity contribution in [3.05, 3.63) is 54.0 Å². The molecule has 0 N–H and O–H groups in total. The smallest absolute Gasteiger partial charge is 0.259 e. The maximum absolute atomic E-state index is 13.2. The van der Waals surface area contributed by atoms with E-state index >= 15 is 0 Å². The molecule has 0 bridgehead atoms. The first-order valence-corrected chi connectivity index (χ1v) is 9.92. The minimum atomic E-state index is -0.233. The number of carbonyl (C=O) groups is 1. The Morgan fingerprint density at radius 3 is 2.69 bits per heavy atom. The lowest BCUT2D eigenvalue weighted by Gasteiger charge is -2.39. The third kappa shape index (κ3) is 3.92. The molecule has 2 saturated heterocycles. The van der Waals surface area contributed by atoms with Crippen molar-refractivity contribution in [1.82, 2.24) is 9.88 Å². The van der Waals surface area contributed by atoms with Gasteiger partial charge in [0.15, 0.2) is 0 Å². The number of piperidine rings is 1. The highest BCUT2D eigenvalue weighted by molar-refractivity contribution is 5.96. The molecule has 0 unspecified atom stereocenters. The molecule has 1 amide bonds. The van der Waals surface area contributed by atoms with E-state index < -0.39 is 0 Å². The van der Waals surface area contributed by atoms with Crippen LogP contribution in [0.4, 0.5) is 10.1 Å². The third-order valence-corrected chi connectivity index (χ3v) is 6.13. The molecule has 1 aromatic heterocycles. The predicted octanol–water partition coefficient (Wildman–Crippen LogP) is 3.13. The fraction of sp³-hybridized carbons (Fsp3) is 0.455. The van der Waals surface area contributed by atoms with Gasteiger partial charge < -0.3 is 19.3 Å². The van der Waals surface area contributed by atoms with E-state index in [4.69, 9.17) is 9.47 Å². The molecule has 0 saturated carbocycles. The normalized spacial score (nSPS) is 20.7. The van der Waals surface area contributed by atoms with Crippen LogP contribution in [-0.4, -0.2) is 61.3 Å². The number of carbonyl (C=O) groups excluding carboxylic acids is 1. The molecule has 2 aliphatic heterocycles. The van der Waals surface area contributed by atoms with E-state index in [0.29, 0.717) is 31.1 Å². The van der Waals surface area contributed by atoms with Crippen LogP contribution >= 0.6 is 0 Å². The van der Waals surface area contributed by atoms with Crippen molar-refractivity contribution in [2.75, 3.05) is 38.8 Å². The summed E-state index contributed by atoms with van der Waals surface area (Å²) in [4.78, 5) is 21.0. The van der Waals surface area contributed by atoms with Gasteiger partial charge in [-0.1, -0.05) is 0 Å². The largest absolute Gasteiger partial charge is 0.480 e. The molecule has 1 atom stereocenters. The first-order valence-electron chi connectivity index (χ1n) is 9.92. The van der Waals surface area contributed by atoms with Crippen molar-refractivity contribution >= 4 is 11.6 Å². The lowest BCUT2D eigenvalue weighted by Crippen LogP contribution is -2.47. The molecule has 7 heteroatoms. The minimum Gasteiger partial charge on any atom is -0.480 e. The van der Waals surface area contributed by atoms with Crippen LogP contribution in [0.1, 0.15) is 29.6 Å². The van der Waals surface area contributed by atoms with Gasteiger partial charge >= 0.3 is 0 Å². The topological polar surface area (TPSA) is 54.9 Å². The molecule has 0 radical (unpaired) electrons. The summed E-state index contributed by atoms with van der Waals surface area (Å²) in [6.45, 7) is 1.92. The minimum absolute atomic E-state index is 0.0530. The molecule has 0 aliphatic carbocycles. The van der Waals surface area contributed by atoms with Crippen molar-refractivity contribution in [3.63, 3.8) is 0 Å². The van der Waals surface area contributed by atoms with Gasteiger partial charge in [0.05, 0.1) is 25.4 Å². The predicted molar refractivity (Wildman–Crippen MR) is 108 cm³/mol. The van der Waals surface area contributed by atoms with Crippen LogP contribution in [0.2, 0.25) is 0 Å². The van der Waals surface area contributed by atoms with Gasteiger partial charge in [-0.15, -0.1) is 0 Å². The van der Waals surface area contributed by atoms with E-state index in [1.807, 2.05) is 11.9 Å². The average Bonchev–Trinajstić information content (AvgIpc) is 3.17. The first kappa shape index (κ1) is 19.6. The summed E-state index contributed by atoms with van der Waals surface area (Å²) in [7, 11) is 3.54. The Hall–Kier alpha value is -2.67. The molecule has 4 rings (SSSR count). The molecule has 3 heterocycles. The number of pyridine rings is 1. The van der Waals surface area contributed by atoms with Crippen LogP contribution in [-0.2, 0) is 4.74 Å². The number of likely N-dealkylation sites (tertiary alicyclic amines) is 1. The lowest BCUT2D eigenvalue weighted by atomic mass is 9.87. The second-order valence-corrected chi connectivity index (χ2v) is 7.79. The summed E-state index contributed by atoms with van der Waals surface area (Å²) in [5, 5.41) is 0. The highest BCUT2D eigenvalue weighted by atomic mass is 19.1. The Morgan fingerprint density at radius 1 is 1.28 bits per heavy atom. The lowest BCUT2D eigenvalue weighted by molar-refractivity contribution is -0.0389. The van der Waals surface area contributed by atoms with E-state index in [-0.39, 0.29) is 23.4 Å². The van der Waals surface area contributed by atoms with E-state index in [0.717, 1.165) is 24.9 Å². The monoisotopic (exact) mass is 399 g/mol. The molecule has 29 heavy (non-hydrogen) atoms. The molecule has 6 nitrogen and oxygen atoms in total. The summed E-state index contributed by atoms with van der Waals surface area (Å²) >= 11 is 0. The second-order valence-electron chi connectivity index (χ2n) is 7.79. The number of amides is 1. The Bertz CT molecular complexity index is 866. The van der Waals surface area contributed by atoms with Crippen molar-refractivity contribution < 1.29 is 18.7 Å². The van der Waals surface area contributed by atoms with Gasteiger partial charge in [-0.05, 0) is 55.7 Å². The average molecular weight is 399 g/mol. The zero-order valence-electron chi connectivity index (χ0n) is 16.8. The van der Waals surface area contributed by atoms with E-state index in [2.05, 4.69) is 9.88 Å². The Kier molecular flexibility index (Phi) is 5.41. The molecule has 1 spiro atoms. The zero-order valence-corrected chi connectivity index (χ0v) is 16.8. The van der Waals surface area contributed by atoms with Crippen molar-refractivity contribution in [2.45, 2.75) is 30.9 Å². The van der Waals surface area contributed by atoms with Crippen LogP contribution in [0.15, 0.2) is 42.6 Å². The number of halogens is 1. The summed E-state index contributed by atoms with van der Waals surface area (Å²) in [6, 6.07) is 10.3. The van der Waals surface area contributed by atoms with E-state index in [1.54, 1.807) is 30.5 Å². The number of ether oxygens (including phenoxy) is 2. The zero-order chi connectivity index (χ0) is 20.4. The number of methoxy groups -OCH3 is 1. The molecule has 154 valence electrons. The Morgan fingerprint density at radius 2 is 2.00 bits per heavy atom. The maximum Gasteiger partial charge on any atom is 0.259 e. The molecule has 2 aromatic rings. The molecule has 2 aliphatic rings. The van der Waals surface area contributed by atoms with E-state index in [9.17, 15) is 9.18 Å². The fourth-order valence-corrected chi connectivity index (χ4v) is 4.31. The molecule has 2 fully saturated rings. The maximum atomic E-state index is 13.2. The number of benzene rings is 1. The summed E-state index contributed by atoms with van der Waals surface area (Å²) in [5.41, 5.74) is 1.27. The number of hydrogen-bond acceptors (Lipinski definition) is 5. The number of nitrogens with zero attached hydrogens (tertiary/aromatic N) is 3. The van der Waals surface area contributed by atoms with Crippen LogP contribution in [0.3, 0.4) is 0 Å². The number of hydrogen-bond donors (Lipinski definition) is 0. The van der Waals surface area contributed by atoms with Crippen LogP contribution in [0, 0.1) is 5.82 Å². The highest BCUT2D eigenvalue weighted by Crippen LogP contribution is 2.38. The number of rotatable bonds is 4. The quantitative estimate of drug-likeness (QED) is 0.791. The molecule has 1 aromatic carbocycles. The molecular weight excluding hydrogens is 373 g/mol. The Balaban J connectivity index is 1.38. The van der Waals surface area contributed by atoms with Gasteiger partial charge in [-0.3, -0.25) is 4.79 Å². The second kappa shape index (κ2) is 7.99. The summed E-state index contributed by atoms with van der Waals surface area (Å²) < 4.78 is 24.7. The highest BCUT2D eigenvalue weighted by Gasteiger charge is 2.44. The first-order chi connectivity index (χ1) is 14.0. The van der Waals surface area contributed by atoms with Gasteiger partial charge in [-0.2, -0.15) is 0 Å². The standard InChI is InChI=1S/C22H26FN3O3/c1-25(17-7-5-16(23)6-8-17)18-14-22(29-15-18)9-12-26(13-10-22)21(27)19-4-3-11-24-20(19)28-2/h3-8,11,18H,9-10,12-15H2,1-2H3/t18-/m1/s1. The fourth-order valence-electron chi connectivity index (χ4n) is 4.31. The number of anilines is 1. The van der Waals surface area contributed by atoms with Crippen molar-refractivity contribution in [3.8, 4) is 5.88 Å². The number of aromatic nitrogens is 1. The summed E-state index contributed by atoms with van der Waals surface area (Å²) in [6.07, 6.45) is 4.12. The van der Waals surface area contributed by atoms with Gasteiger partial charge in [-0.25, -0.2) is 9.37 Å².